The molecule has 2 heterocycles. The zero-order chi connectivity index (χ0) is 15.1. The van der Waals surface area contributed by atoms with Crippen LogP contribution in [0.15, 0.2) is 18.3 Å². The quantitative estimate of drug-likeness (QED) is 0.673. The minimum Gasteiger partial charge on any atom is -0.395 e. The SMILES string of the molecule is O=C1CCC(NC(=O)c2ccc(C#CCCO)cn2)CN1. The van der Waals surface area contributed by atoms with Gasteiger partial charge in [-0.2, -0.15) is 0 Å². The molecule has 1 aromatic rings. The Balaban J connectivity index is 1.91. The van der Waals surface area contributed by atoms with E-state index < -0.39 is 0 Å². The van der Waals surface area contributed by atoms with Crippen LogP contribution < -0.4 is 10.6 Å². The van der Waals surface area contributed by atoms with Crippen LogP contribution >= 0.6 is 0 Å². The maximum Gasteiger partial charge on any atom is 0.270 e. The minimum atomic E-state index is -0.258. The Kier molecular flexibility index (Phi) is 5.29. The number of hydrogen-bond acceptors (Lipinski definition) is 4. The molecule has 2 rings (SSSR count). The lowest BCUT2D eigenvalue weighted by molar-refractivity contribution is -0.122. The van der Waals surface area contributed by atoms with E-state index in [2.05, 4.69) is 27.5 Å². The molecule has 1 atom stereocenters. The van der Waals surface area contributed by atoms with Crippen molar-refractivity contribution in [3.63, 3.8) is 0 Å². The molecule has 0 aliphatic carbocycles. The summed E-state index contributed by atoms with van der Waals surface area (Å²) in [6, 6.07) is 3.27. The molecule has 1 fully saturated rings. The van der Waals surface area contributed by atoms with E-state index in [1.807, 2.05) is 0 Å². The van der Waals surface area contributed by atoms with E-state index in [0.717, 1.165) is 0 Å². The second-order valence-electron chi connectivity index (χ2n) is 4.72. The van der Waals surface area contributed by atoms with Crippen molar-refractivity contribution in [1.82, 2.24) is 15.6 Å². The molecule has 1 aromatic heterocycles. The number of aromatic nitrogens is 1. The van der Waals surface area contributed by atoms with E-state index in [4.69, 9.17) is 5.11 Å². The van der Waals surface area contributed by atoms with Crippen molar-refractivity contribution in [2.75, 3.05) is 13.2 Å². The molecular formula is C15H17N3O3. The molecule has 6 heteroatoms. The van der Waals surface area contributed by atoms with Crippen molar-refractivity contribution < 1.29 is 14.7 Å². The van der Waals surface area contributed by atoms with Crippen LogP contribution in [0.3, 0.4) is 0 Å². The minimum absolute atomic E-state index is 0.0180. The molecule has 2 amide bonds. The number of carbonyl (C=O) groups is 2. The maximum absolute atomic E-state index is 12.0. The van der Waals surface area contributed by atoms with Gasteiger partial charge in [-0.15, -0.1) is 0 Å². The van der Waals surface area contributed by atoms with Gasteiger partial charge in [-0.1, -0.05) is 11.8 Å². The van der Waals surface area contributed by atoms with Crippen LogP contribution in [0.5, 0.6) is 0 Å². The van der Waals surface area contributed by atoms with Crippen LogP contribution in [0.25, 0.3) is 0 Å². The first-order valence-electron chi connectivity index (χ1n) is 6.82. The first kappa shape index (κ1) is 15.0. The third-order valence-electron chi connectivity index (χ3n) is 3.07. The Bertz CT molecular complexity index is 562. The number of amides is 2. The van der Waals surface area contributed by atoms with Crippen LogP contribution in [-0.4, -0.2) is 41.1 Å². The highest BCUT2D eigenvalue weighted by Gasteiger charge is 2.20. The van der Waals surface area contributed by atoms with E-state index in [-0.39, 0.29) is 24.5 Å². The Morgan fingerprint density at radius 2 is 2.38 bits per heavy atom. The zero-order valence-electron chi connectivity index (χ0n) is 11.6. The van der Waals surface area contributed by atoms with Crippen molar-refractivity contribution >= 4 is 11.8 Å². The molecule has 110 valence electrons. The van der Waals surface area contributed by atoms with Gasteiger partial charge in [0.05, 0.1) is 6.61 Å². The first-order chi connectivity index (χ1) is 10.2. The number of nitrogens with zero attached hydrogens (tertiary/aromatic N) is 1. The predicted octanol–water partition coefficient (Wildman–Crippen LogP) is -0.176. The Morgan fingerprint density at radius 3 is 3.00 bits per heavy atom. The van der Waals surface area contributed by atoms with Crippen molar-refractivity contribution in [3.8, 4) is 11.8 Å². The molecule has 21 heavy (non-hydrogen) atoms. The van der Waals surface area contributed by atoms with Gasteiger partial charge < -0.3 is 15.7 Å². The Labute approximate surface area is 123 Å². The fourth-order valence-electron chi connectivity index (χ4n) is 1.94. The van der Waals surface area contributed by atoms with E-state index in [1.54, 1.807) is 12.1 Å². The van der Waals surface area contributed by atoms with Gasteiger partial charge in [0.1, 0.15) is 5.69 Å². The van der Waals surface area contributed by atoms with Gasteiger partial charge in [0, 0.05) is 37.2 Å². The largest absolute Gasteiger partial charge is 0.395 e. The zero-order valence-corrected chi connectivity index (χ0v) is 11.6. The van der Waals surface area contributed by atoms with Gasteiger partial charge in [-0.3, -0.25) is 9.59 Å². The molecule has 3 N–H and O–H groups in total. The van der Waals surface area contributed by atoms with E-state index in [9.17, 15) is 9.59 Å². The smallest absolute Gasteiger partial charge is 0.270 e. The first-order valence-corrected chi connectivity index (χ1v) is 6.82. The van der Waals surface area contributed by atoms with Crippen molar-refractivity contribution in [2.45, 2.75) is 25.3 Å². The lowest BCUT2D eigenvalue weighted by Gasteiger charge is -2.23. The summed E-state index contributed by atoms with van der Waals surface area (Å²) in [6.45, 7) is 0.480. The number of nitrogens with one attached hydrogen (secondary N) is 2. The number of aliphatic hydroxyl groups is 1. The fraction of sp³-hybridized carbons (Fsp3) is 0.400. The van der Waals surface area contributed by atoms with Gasteiger partial charge in [-0.05, 0) is 18.6 Å². The molecule has 0 spiro atoms. The highest BCUT2D eigenvalue weighted by molar-refractivity contribution is 5.92. The molecule has 1 aliphatic rings. The molecular weight excluding hydrogens is 270 g/mol. The maximum atomic E-state index is 12.0. The highest BCUT2D eigenvalue weighted by atomic mass is 16.2. The second-order valence-corrected chi connectivity index (χ2v) is 4.72. The van der Waals surface area contributed by atoms with Crippen molar-refractivity contribution in [1.29, 1.82) is 0 Å². The molecule has 1 aliphatic heterocycles. The summed E-state index contributed by atoms with van der Waals surface area (Å²) in [5.41, 5.74) is 1.02. The monoisotopic (exact) mass is 287 g/mol. The number of carbonyl (C=O) groups excluding carboxylic acids is 2. The van der Waals surface area contributed by atoms with E-state index >= 15 is 0 Å². The van der Waals surface area contributed by atoms with Crippen LogP contribution in [0.1, 0.15) is 35.3 Å². The average Bonchev–Trinajstić information content (AvgIpc) is 2.50. The molecule has 6 nitrogen and oxygen atoms in total. The molecule has 0 saturated carbocycles. The van der Waals surface area contributed by atoms with Gasteiger partial charge >= 0.3 is 0 Å². The number of piperidine rings is 1. The van der Waals surface area contributed by atoms with Crippen LogP contribution in [0.2, 0.25) is 0 Å². The van der Waals surface area contributed by atoms with Crippen LogP contribution in [-0.2, 0) is 4.79 Å². The summed E-state index contributed by atoms with van der Waals surface area (Å²) in [5, 5.41) is 14.2. The lowest BCUT2D eigenvalue weighted by atomic mass is 10.1. The normalized spacial score (nSPS) is 17.4. The summed E-state index contributed by atoms with van der Waals surface area (Å²) >= 11 is 0. The summed E-state index contributed by atoms with van der Waals surface area (Å²) in [6.07, 6.45) is 3.01. The number of rotatable bonds is 3. The van der Waals surface area contributed by atoms with Crippen LogP contribution in [0, 0.1) is 11.8 Å². The molecule has 1 saturated heterocycles. The summed E-state index contributed by atoms with van der Waals surface area (Å²) in [5.74, 6) is 5.40. The highest BCUT2D eigenvalue weighted by Crippen LogP contribution is 2.05. The van der Waals surface area contributed by atoms with Gasteiger partial charge in [0.15, 0.2) is 0 Å². The van der Waals surface area contributed by atoms with Crippen LogP contribution in [0.4, 0.5) is 0 Å². The molecule has 0 radical (unpaired) electrons. The Morgan fingerprint density at radius 1 is 1.52 bits per heavy atom. The number of hydrogen-bond donors (Lipinski definition) is 3. The van der Waals surface area contributed by atoms with Gasteiger partial charge in [0.25, 0.3) is 5.91 Å². The third kappa shape index (κ3) is 4.58. The molecule has 0 aromatic carbocycles. The molecule has 0 bridgehead atoms. The summed E-state index contributed by atoms with van der Waals surface area (Å²) in [7, 11) is 0. The fourth-order valence-corrected chi connectivity index (χ4v) is 1.94. The summed E-state index contributed by atoms with van der Waals surface area (Å²) in [4.78, 5) is 27.1. The topological polar surface area (TPSA) is 91.3 Å². The molecule has 1 unspecified atom stereocenters. The van der Waals surface area contributed by atoms with Crippen molar-refractivity contribution in [3.05, 3.63) is 29.6 Å². The number of aliphatic hydroxyl groups excluding tert-OH is 1. The summed E-state index contributed by atoms with van der Waals surface area (Å²) < 4.78 is 0. The van der Waals surface area contributed by atoms with E-state index in [1.165, 1.54) is 6.20 Å². The van der Waals surface area contributed by atoms with Crippen molar-refractivity contribution in [2.24, 2.45) is 0 Å². The lowest BCUT2D eigenvalue weighted by Crippen LogP contribution is -2.47. The standard InChI is InChI=1S/C15H17N3O3/c19-8-2-1-3-11-4-6-13(16-9-11)15(21)18-12-5-7-14(20)17-10-12/h4,6,9,12,19H,2,5,7-8,10H2,(H,17,20)(H,18,21). The van der Waals surface area contributed by atoms with E-state index in [0.29, 0.717) is 37.1 Å². The Hall–Kier alpha value is -2.39. The third-order valence-corrected chi connectivity index (χ3v) is 3.07. The number of pyridine rings is 1. The second kappa shape index (κ2) is 7.41. The predicted molar refractivity (Wildman–Crippen MR) is 76.3 cm³/mol. The van der Waals surface area contributed by atoms with Gasteiger partial charge in [0.2, 0.25) is 5.91 Å². The van der Waals surface area contributed by atoms with Gasteiger partial charge in [-0.25, -0.2) is 4.98 Å². The average molecular weight is 287 g/mol.